The first-order valence-corrected chi connectivity index (χ1v) is 8.90. The Morgan fingerprint density at radius 3 is 2.63 bits per heavy atom. The summed E-state index contributed by atoms with van der Waals surface area (Å²) in [4.78, 5) is 26.8. The van der Waals surface area contributed by atoms with Crippen molar-refractivity contribution in [3.63, 3.8) is 0 Å². The average Bonchev–Trinajstić information content (AvgIpc) is 3.05. The van der Waals surface area contributed by atoms with E-state index < -0.39 is 5.92 Å². The van der Waals surface area contributed by atoms with E-state index in [1.54, 1.807) is 42.3 Å². The highest BCUT2D eigenvalue weighted by Crippen LogP contribution is 2.36. The molecule has 1 heterocycles. The van der Waals surface area contributed by atoms with Gasteiger partial charge in [0.1, 0.15) is 11.5 Å². The van der Waals surface area contributed by atoms with Gasteiger partial charge in [-0.15, -0.1) is 0 Å². The van der Waals surface area contributed by atoms with Crippen molar-refractivity contribution in [3.8, 4) is 11.5 Å². The van der Waals surface area contributed by atoms with Gasteiger partial charge in [-0.2, -0.15) is 0 Å². The molecular formula is C20H21ClN2O4. The molecule has 1 aliphatic heterocycles. The number of hydrogen-bond donors (Lipinski definition) is 1. The lowest BCUT2D eigenvalue weighted by molar-refractivity contribution is -0.122. The van der Waals surface area contributed by atoms with Crippen molar-refractivity contribution in [2.24, 2.45) is 5.92 Å². The molecule has 0 aromatic heterocycles. The Morgan fingerprint density at radius 2 is 1.96 bits per heavy atom. The number of carbonyl (C=O) groups is 2. The van der Waals surface area contributed by atoms with Crippen LogP contribution in [0.4, 0.5) is 11.4 Å². The largest absolute Gasteiger partial charge is 0.497 e. The lowest BCUT2D eigenvalue weighted by atomic mass is 10.1. The van der Waals surface area contributed by atoms with Crippen molar-refractivity contribution in [1.82, 2.24) is 0 Å². The minimum absolute atomic E-state index is 0.121. The third kappa shape index (κ3) is 4.01. The van der Waals surface area contributed by atoms with Crippen LogP contribution < -0.4 is 19.7 Å². The number of benzene rings is 2. The van der Waals surface area contributed by atoms with Crippen molar-refractivity contribution in [2.45, 2.75) is 13.3 Å². The molecule has 1 aliphatic rings. The minimum Gasteiger partial charge on any atom is -0.497 e. The third-order valence-corrected chi connectivity index (χ3v) is 4.87. The molecule has 2 amide bonds. The zero-order valence-electron chi connectivity index (χ0n) is 15.4. The highest BCUT2D eigenvalue weighted by Gasteiger charge is 2.36. The van der Waals surface area contributed by atoms with Crippen LogP contribution in [0.3, 0.4) is 0 Å². The normalized spacial score (nSPS) is 16.4. The Bertz CT molecular complexity index is 884. The molecule has 1 atom stereocenters. The summed E-state index contributed by atoms with van der Waals surface area (Å²) in [5.41, 5.74) is 2.13. The zero-order valence-corrected chi connectivity index (χ0v) is 16.2. The maximum absolute atomic E-state index is 12.6. The first-order valence-electron chi connectivity index (χ1n) is 8.52. The molecule has 2 aromatic carbocycles. The van der Waals surface area contributed by atoms with Crippen LogP contribution in [0, 0.1) is 12.8 Å². The Kier molecular flexibility index (Phi) is 5.56. The molecule has 0 saturated carbocycles. The summed E-state index contributed by atoms with van der Waals surface area (Å²) < 4.78 is 10.6. The van der Waals surface area contributed by atoms with Gasteiger partial charge in [0.15, 0.2) is 0 Å². The van der Waals surface area contributed by atoms with E-state index in [4.69, 9.17) is 21.1 Å². The number of nitrogens with one attached hydrogen (secondary N) is 1. The predicted molar refractivity (Wildman–Crippen MR) is 105 cm³/mol. The molecule has 0 bridgehead atoms. The number of methoxy groups -OCH3 is 2. The third-order valence-electron chi connectivity index (χ3n) is 4.56. The number of amides is 2. The Hall–Kier alpha value is -2.73. The fraction of sp³-hybridized carbons (Fsp3) is 0.300. The van der Waals surface area contributed by atoms with Gasteiger partial charge in [0.25, 0.3) is 0 Å². The Morgan fingerprint density at radius 1 is 1.19 bits per heavy atom. The molecule has 7 heteroatoms. The van der Waals surface area contributed by atoms with Crippen molar-refractivity contribution >= 4 is 34.8 Å². The van der Waals surface area contributed by atoms with Crippen LogP contribution in [-0.2, 0) is 9.59 Å². The van der Waals surface area contributed by atoms with Gasteiger partial charge in [0, 0.05) is 19.0 Å². The summed E-state index contributed by atoms with van der Waals surface area (Å²) in [5, 5.41) is 3.29. The van der Waals surface area contributed by atoms with E-state index in [0.29, 0.717) is 27.9 Å². The predicted octanol–water partition coefficient (Wildman–Crippen LogP) is 3.66. The summed E-state index contributed by atoms with van der Waals surface area (Å²) in [7, 11) is 3.09. The number of ether oxygens (including phenoxy) is 2. The SMILES string of the molecule is COc1ccc(OC)c(N2CC(C(=O)Nc3ccc(C)cc3Cl)CC2=O)c1. The van der Waals surface area contributed by atoms with Gasteiger partial charge in [-0.1, -0.05) is 17.7 Å². The van der Waals surface area contributed by atoms with E-state index in [2.05, 4.69) is 5.32 Å². The van der Waals surface area contributed by atoms with Crippen molar-refractivity contribution in [3.05, 3.63) is 47.0 Å². The summed E-state index contributed by atoms with van der Waals surface area (Å²) in [6.45, 7) is 2.18. The fourth-order valence-electron chi connectivity index (χ4n) is 3.08. The molecule has 6 nitrogen and oxygen atoms in total. The molecule has 2 aromatic rings. The molecule has 3 rings (SSSR count). The van der Waals surface area contributed by atoms with Crippen LogP contribution in [0.1, 0.15) is 12.0 Å². The summed E-state index contributed by atoms with van der Waals surface area (Å²) in [6, 6.07) is 10.6. The second-order valence-electron chi connectivity index (χ2n) is 6.42. The van der Waals surface area contributed by atoms with Gasteiger partial charge in [0.05, 0.1) is 36.5 Å². The number of carbonyl (C=O) groups excluding carboxylic acids is 2. The Labute approximate surface area is 163 Å². The quantitative estimate of drug-likeness (QED) is 0.848. The van der Waals surface area contributed by atoms with E-state index in [1.165, 1.54) is 7.11 Å². The smallest absolute Gasteiger partial charge is 0.229 e. The molecule has 1 unspecified atom stereocenters. The van der Waals surface area contributed by atoms with Gasteiger partial charge in [-0.3, -0.25) is 9.59 Å². The van der Waals surface area contributed by atoms with Crippen LogP contribution in [0.25, 0.3) is 0 Å². The highest BCUT2D eigenvalue weighted by molar-refractivity contribution is 6.33. The summed E-state index contributed by atoms with van der Waals surface area (Å²) in [6.07, 6.45) is 0.121. The lowest BCUT2D eigenvalue weighted by Crippen LogP contribution is -2.28. The maximum atomic E-state index is 12.6. The summed E-state index contributed by atoms with van der Waals surface area (Å²) >= 11 is 6.18. The van der Waals surface area contributed by atoms with Crippen LogP contribution >= 0.6 is 11.6 Å². The van der Waals surface area contributed by atoms with Crippen molar-refractivity contribution in [1.29, 1.82) is 0 Å². The second-order valence-corrected chi connectivity index (χ2v) is 6.82. The number of aryl methyl sites for hydroxylation is 1. The van der Waals surface area contributed by atoms with Crippen molar-refractivity contribution in [2.75, 3.05) is 31.0 Å². The fourth-order valence-corrected chi connectivity index (χ4v) is 3.36. The van der Waals surface area contributed by atoms with Gasteiger partial charge in [-0.05, 0) is 36.8 Å². The van der Waals surface area contributed by atoms with Crippen LogP contribution in [0.15, 0.2) is 36.4 Å². The van der Waals surface area contributed by atoms with E-state index >= 15 is 0 Å². The van der Waals surface area contributed by atoms with E-state index in [-0.39, 0.29) is 24.8 Å². The number of nitrogens with zero attached hydrogens (tertiary/aromatic N) is 1. The molecule has 27 heavy (non-hydrogen) atoms. The second kappa shape index (κ2) is 7.88. The maximum Gasteiger partial charge on any atom is 0.229 e. The molecule has 1 N–H and O–H groups in total. The molecule has 142 valence electrons. The first-order chi connectivity index (χ1) is 12.9. The van der Waals surface area contributed by atoms with Crippen molar-refractivity contribution < 1.29 is 19.1 Å². The Balaban J connectivity index is 1.78. The zero-order chi connectivity index (χ0) is 19.6. The monoisotopic (exact) mass is 388 g/mol. The van der Waals surface area contributed by atoms with Gasteiger partial charge < -0.3 is 19.7 Å². The minimum atomic E-state index is -0.481. The number of rotatable bonds is 5. The van der Waals surface area contributed by atoms with E-state index in [9.17, 15) is 9.59 Å². The number of halogens is 1. The van der Waals surface area contributed by atoms with Crippen LogP contribution in [0.2, 0.25) is 5.02 Å². The molecular weight excluding hydrogens is 368 g/mol. The standard InChI is InChI=1S/C20H21ClN2O4/c1-12-4-6-16(15(21)8-12)22-20(25)13-9-19(24)23(11-13)17-10-14(26-2)5-7-18(17)27-3/h4-8,10,13H,9,11H2,1-3H3,(H,22,25). The van der Waals surface area contributed by atoms with E-state index in [1.807, 2.05) is 13.0 Å². The first kappa shape index (κ1) is 19.0. The summed E-state index contributed by atoms with van der Waals surface area (Å²) in [5.74, 6) is 0.297. The number of hydrogen-bond acceptors (Lipinski definition) is 4. The van der Waals surface area contributed by atoms with Gasteiger partial charge in [-0.25, -0.2) is 0 Å². The molecule has 1 fully saturated rings. The average molecular weight is 389 g/mol. The number of anilines is 2. The van der Waals surface area contributed by atoms with Gasteiger partial charge in [0.2, 0.25) is 11.8 Å². The molecule has 0 aliphatic carbocycles. The van der Waals surface area contributed by atoms with Crippen LogP contribution in [-0.4, -0.2) is 32.6 Å². The highest BCUT2D eigenvalue weighted by atomic mass is 35.5. The topological polar surface area (TPSA) is 67.9 Å². The molecule has 1 saturated heterocycles. The lowest BCUT2D eigenvalue weighted by Gasteiger charge is -2.20. The van der Waals surface area contributed by atoms with E-state index in [0.717, 1.165) is 5.56 Å². The molecule has 0 spiro atoms. The van der Waals surface area contributed by atoms with Gasteiger partial charge >= 0.3 is 0 Å². The van der Waals surface area contributed by atoms with Crippen LogP contribution in [0.5, 0.6) is 11.5 Å². The molecule has 0 radical (unpaired) electrons.